The van der Waals surface area contributed by atoms with Gasteiger partial charge >= 0.3 is 6.03 Å². The molecule has 25 heavy (non-hydrogen) atoms. The van der Waals surface area contributed by atoms with E-state index in [0.717, 1.165) is 43.7 Å². The molecule has 2 aliphatic rings. The molecule has 2 fully saturated rings. The minimum Gasteiger partial charge on any atom is -0.391 e. The Kier molecular flexibility index (Phi) is 5.93. The molecule has 0 unspecified atom stereocenters. The standard InChI is InChI=1S/C19H29N3O3/c1-14-10-21(11-15(2)25-14)12-16-6-3-4-8-18(16)20-19(24)22-9-5-7-17(23)13-22/h3-4,6,8,14-15,17,23H,5,7,9-13H2,1-2H3,(H,20,24)/t14-,15+,17-/m0/s1. The molecule has 1 aromatic rings. The molecule has 6 nitrogen and oxygen atoms in total. The lowest BCUT2D eigenvalue weighted by Gasteiger charge is -2.35. The van der Waals surface area contributed by atoms with Gasteiger partial charge in [-0.15, -0.1) is 0 Å². The molecule has 0 aliphatic carbocycles. The second-order valence-electron chi connectivity index (χ2n) is 7.28. The maximum atomic E-state index is 12.5. The molecule has 0 aromatic heterocycles. The van der Waals surface area contributed by atoms with Crippen LogP contribution in [0.1, 0.15) is 32.3 Å². The number of hydrogen-bond acceptors (Lipinski definition) is 4. The Morgan fingerprint density at radius 1 is 1.24 bits per heavy atom. The Morgan fingerprint density at radius 3 is 2.68 bits per heavy atom. The molecule has 3 rings (SSSR count). The predicted molar refractivity (Wildman–Crippen MR) is 97.6 cm³/mol. The van der Waals surface area contributed by atoms with Gasteiger partial charge in [0, 0.05) is 38.4 Å². The first-order valence-corrected chi connectivity index (χ1v) is 9.21. The molecule has 138 valence electrons. The highest BCUT2D eigenvalue weighted by Crippen LogP contribution is 2.21. The summed E-state index contributed by atoms with van der Waals surface area (Å²) in [6.45, 7) is 7.87. The van der Waals surface area contributed by atoms with Gasteiger partial charge < -0.3 is 20.1 Å². The fourth-order valence-electron chi connectivity index (χ4n) is 3.77. The summed E-state index contributed by atoms with van der Waals surface area (Å²) >= 11 is 0. The van der Waals surface area contributed by atoms with Gasteiger partial charge in [-0.3, -0.25) is 4.90 Å². The van der Waals surface area contributed by atoms with Crippen LogP contribution in [0.3, 0.4) is 0 Å². The zero-order valence-electron chi connectivity index (χ0n) is 15.1. The van der Waals surface area contributed by atoms with E-state index in [4.69, 9.17) is 4.74 Å². The highest BCUT2D eigenvalue weighted by molar-refractivity contribution is 5.90. The maximum absolute atomic E-state index is 12.5. The van der Waals surface area contributed by atoms with E-state index in [2.05, 4.69) is 30.1 Å². The number of nitrogens with zero attached hydrogens (tertiary/aromatic N) is 2. The van der Waals surface area contributed by atoms with Crippen molar-refractivity contribution in [1.82, 2.24) is 9.80 Å². The molecule has 2 N–H and O–H groups in total. The number of hydrogen-bond donors (Lipinski definition) is 2. The van der Waals surface area contributed by atoms with Crippen LogP contribution in [-0.4, -0.2) is 65.4 Å². The number of nitrogens with one attached hydrogen (secondary N) is 1. The van der Waals surface area contributed by atoms with Crippen LogP contribution in [0.15, 0.2) is 24.3 Å². The minimum atomic E-state index is -0.411. The normalized spacial score (nSPS) is 28.0. The predicted octanol–water partition coefficient (Wildman–Crippen LogP) is 2.28. The Morgan fingerprint density at radius 2 is 1.96 bits per heavy atom. The second kappa shape index (κ2) is 8.17. The summed E-state index contributed by atoms with van der Waals surface area (Å²) in [4.78, 5) is 16.6. The number of likely N-dealkylation sites (tertiary alicyclic amines) is 1. The smallest absolute Gasteiger partial charge is 0.321 e. The van der Waals surface area contributed by atoms with Crippen LogP contribution >= 0.6 is 0 Å². The summed E-state index contributed by atoms with van der Waals surface area (Å²) in [6, 6.07) is 7.82. The molecular formula is C19H29N3O3. The monoisotopic (exact) mass is 347 g/mol. The number of carbonyl (C=O) groups excluding carboxylic acids is 1. The van der Waals surface area contributed by atoms with E-state index in [-0.39, 0.29) is 18.2 Å². The van der Waals surface area contributed by atoms with Crippen molar-refractivity contribution in [3.63, 3.8) is 0 Å². The third kappa shape index (κ3) is 4.93. The third-order valence-corrected chi connectivity index (χ3v) is 4.83. The van der Waals surface area contributed by atoms with Crippen molar-refractivity contribution in [2.45, 2.75) is 51.5 Å². The fraction of sp³-hybridized carbons (Fsp3) is 0.632. The molecule has 2 heterocycles. The topological polar surface area (TPSA) is 65.0 Å². The van der Waals surface area contributed by atoms with Gasteiger partial charge in [-0.05, 0) is 38.3 Å². The first kappa shape index (κ1) is 18.2. The lowest BCUT2D eigenvalue weighted by molar-refractivity contribution is -0.0704. The lowest BCUT2D eigenvalue weighted by atomic mass is 10.1. The first-order valence-electron chi connectivity index (χ1n) is 9.21. The quantitative estimate of drug-likeness (QED) is 0.880. The molecule has 0 radical (unpaired) electrons. The van der Waals surface area contributed by atoms with Crippen LogP contribution in [0.25, 0.3) is 0 Å². The first-order chi connectivity index (χ1) is 12.0. The van der Waals surface area contributed by atoms with E-state index in [9.17, 15) is 9.90 Å². The number of amides is 2. The van der Waals surface area contributed by atoms with Crippen LogP contribution in [0.5, 0.6) is 0 Å². The number of rotatable bonds is 3. The molecule has 0 saturated carbocycles. The van der Waals surface area contributed by atoms with Gasteiger partial charge in [0.1, 0.15) is 0 Å². The average Bonchev–Trinajstić information content (AvgIpc) is 2.55. The molecule has 0 bridgehead atoms. The van der Waals surface area contributed by atoms with E-state index < -0.39 is 6.10 Å². The zero-order chi connectivity index (χ0) is 17.8. The number of aliphatic hydroxyl groups is 1. The maximum Gasteiger partial charge on any atom is 0.321 e. The van der Waals surface area contributed by atoms with Crippen molar-refractivity contribution in [3.8, 4) is 0 Å². The molecule has 1 aromatic carbocycles. The fourth-order valence-corrected chi connectivity index (χ4v) is 3.77. The van der Waals surface area contributed by atoms with Crippen LogP contribution in [0.4, 0.5) is 10.5 Å². The Balaban J connectivity index is 1.65. The minimum absolute atomic E-state index is 0.130. The Hall–Kier alpha value is -1.63. The number of urea groups is 1. The van der Waals surface area contributed by atoms with Crippen molar-refractivity contribution >= 4 is 11.7 Å². The number of aliphatic hydroxyl groups excluding tert-OH is 1. The Labute approximate surface area is 149 Å². The number of morpholine rings is 1. The summed E-state index contributed by atoms with van der Waals surface area (Å²) in [5.41, 5.74) is 1.95. The summed E-state index contributed by atoms with van der Waals surface area (Å²) in [5, 5.41) is 12.8. The molecule has 2 aliphatic heterocycles. The highest BCUT2D eigenvalue weighted by Gasteiger charge is 2.24. The van der Waals surface area contributed by atoms with Crippen LogP contribution in [0, 0.1) is 0 Å². The van der Waals surface area contributed by atoms with Crippen molar-refractivity contribution in [2.24, 2.45) is 0 Å². The van der Waals surface area contributed by atoms with Gasteiger partial charge in [0.2, 0.25) is 0 Å². The number of anilines is 1. The molecule has 6 heteroatoms. The molecule has 2 saturated heterocycles. The van der Waals surface area contributed by atoms with Gasteiger partial charge in [0.25, 0.3) is 0 Å². The molecule has 3 atom stereocenters. The number of ether oxygens (including phenoxy) is 1. The van der Waals surface area contributed by atoms with Crippen LogP contribution < -0.4 is 5.32 Å². The van der Waals surface area contributed by atoms with Gasteiger partial charge in [-0.25, -0.2) is 4.79 Å². The van der Waals surface area contributed by atoms with Crippen LogP contribution in [-0.2, 0) is 11.3 Å². The number of para-hydroxylation sites is 1. The van der Waals surface area contributed by atoms with Gasteiger partial charge in [0.15, 0.2) is 0 Å². The van der Waals surface area contributed by atoms with E-state index in [1.807, 2.05) is 18.2 Å². The third-order valence-electron chi connectivity index (χ3n) is 4.83. The van der Waals surface area contributed by atoms with Crippen LogP contribution in [0.2, 0.25) is 0 Å². The van der Waals surface area contributed by atoms with E-state index in [0.29, 0.717) is 13.1 Å². The van der Waals surface area contributed by atoms with E-state index >= 15 is 0 Å². The number of piperidine rings is 1. The van der Waals surface area contributed by atoms with Gasteiger partial charge in [-0.2, -0.15) is 0 Å². The van der Waals surface area contributed by atoms with Crippen molar-refractivity contribution in [3.05, 3.63) is 29.8 Å². The second-order valence-corrected chi connectivity index (χ2v) is 7.28. The summed E-state index contributed by atoms with van der Waals surface area (Å²) in [5.74, 6) is 0. The number of benzene rings is 1. The number of carbonyl (C=O) groups is 1. The summed E-state index contributed by atoms with van der Waals surface area (Å²) < 4.78 is 5.80. The van der Waals surface area contributed by atoms with E-state index in [1.165, 1.54) is 0 Å². The Bertz CT molecular complexity index is 585. The van der Waals surface area contributed by atoms with Gasteiger partial charge in [0.05, 0.1) is 18.3 Å². The van der Waals surface area contributed by atoms with Gasteiger partial charge in [-0.1, -0.05) is 18.2 Å². The van der Waals surface area contributed by atoms with Crippen molar-refractivity contribution in [1.29, 1.82) is 0 Å². The SMILES string of the molecule is C[C@@H]1CN(Cc2ccccc2NC(=O)N2CCC[C@H](O)C2)C[C@H](C)O1. The largest absolute Gasteiger partial charge is 0.391 e. The molecule has 2 amide bonds. The van der Waals surface area contributed by atoms with Crippen molar-refractivity contribution < 1.29 is 14.6 Å². The average molecular weight is 347 g/mol. The molecule has 0 spiro atoms. The molecular weight excluding hydrogens is 318 g/mol. The van der Waals surface area contributed by atoms with E-state index in [1.54, 1.807) is 4.90 Å². The number of β-amino-alcohol motifs (C(OH)–C–C–N with tert-alkyl or cyclic N) is 1. The highest BCUT2D eigenvalue weighted by atomic mass is 16.5. The summed E-state index contributed by atoms with van der Waals surface area (Å²) in [6.07, 6.45) is 1.65. The summed E-state index contributed by atoms with van der Waals surface area (Å²) in [7, 11) is 0. The lowest BCUT2D eigenvalue weighted by Crippen LogP contribution is -2.45. The zero-order valence-corrected chi connectivity index (χ0v) is 15.1. The van der Waals surface area contributed by atoms with Crippen molar-refractivity contribution in [2.75, 3.05) is 31.5 Å².